The van der Waals surface area contributed by atoms with Crippen LogP contribution in [0.15, 0.2) is 71.5 Å². The lowest BCUT2D eigenvalue weighted by molar-refractivity contribution is -0.000615. The Morgan fingerprint density at radius 1 is 0.793 bits per heavy atom. The molecule has 0 atom stereocenters. The van der Waals surface area contributed by atoms with E-state index in [0.29, 0.717) is 21.9 Å². The second kappa shape index (κ2) is 6.78. The zero-order valence-corrected chi connectivity index (χ0v) is 16.2. The highest BCUT2D eigenvalue weighted by Gasteiger charge is 2.31. The molecule has 1 aliphatic rings. The number of fused-ring (bicyclic) bond motifs is 1. The van der Waals surface area contributed by atoms with E-state index in [0.717, 1.165) is 42.4 Å². The van der Waals surface area contributed by atoms with Crippen molar-refractivity contribution in [1.29, 1.82) is 0 Å². The van der Waals surface area contributed by atoms with E-state index in [1.165, 1.54) is 6.42 Å². The van der Waals surface area contributed by atoms with Crippen LogP contribution in [0.5, 0.6) is 0 Å². The van der Waals surface area contributed by atoms with Gasteiger partial charge in [-0.15, -0.1) is 0 Å². The number of ketones is 1. The maximum atomic E-state index is 12.8. The molecule has 0 aromatic heterocycles. The first-order valence-electron chi connectivity index (χ1n) is 10.2. The van der Waals surface area contributed by atoms with Crippen LogP contribution >= 0.6 is 0 Å². The number of rotatable bonds is 4. The lowest BCUT2D eigenvalue weighted by Crippen LogP contribution is -2.28. The largest absolute Gasteiger partial charge is 0.385 e. The molecule has 0 amide bonds. The Morgan fingerprint density at radius 2 is 1.48 bits per heavy atom. The third-order valence-electron chi connectivity index (χ3n) is 6.29. The summed E-state index contributed by atoms with van der Waals surface area (Å²) in [4.78, 5) is 25.2. The maximum Gasteiger partial charge on any atom is 0.195 e. The number of carbonyl (C=O) groups excluding carboxylic acids is 1. The molecule has 0 aliphatic heterocycles. The van der Waals surface area contributed by atoms with Gasteiger partial charge in [-0.2, -0.15) is 0 Å². The minimum Gasteiger partial charge on any atom is -0.385 e. The van der Waals surface area contributed by atoms with Crippen LogP contribution in [0.25, 0.3) is 21.9 Å². The van der Waals surface area contributed by atoms with Gasteiger partial charge in [0.05, 0.1) is 5.60 Å². The predicted octanol–water partition coefficient (Wildman–Crippen LogP) is 5.13. The molecule has 3 heteroatoms. The molecule has 5 rings (SSSR count). The summed E-state index contributed by atoms with van der Waals surface area (Å²) in [6, 6.07) is 20.6. The van der Waals surface area contributed by atoms with Crippen LogP contribution in [0.4, 0.5) is 0 Å². The van der Waals surface area contributed by atoms with Gasteiger partial charge in [0.1, 0.15) is 0 Å². The molecule has 0 saturated heterocycles. The highest BCUT2D eigenvalue weighted by molar-refractivity contribution is 6.23. The molecule has 0 heterocycles. The summed E-state index contributed by atoms with van der Waals surface area (Å²) in [7, 11) is 0. The normalized spacial score (nSPS) is 16.3. The van der Waals surface area contributed by atoms with Gasteiger partial charge in [-0.1, -0.05) is 79.9 Å². The maximum absolute atomic E-state index is 12.8. The van der Waals surface area contributed by atoms with Crippen molar-refractivity contribution >= 4 is 16.6 Å². The Kier molecular flexibility index (Phi) is 4.21. The van der Waals surface area contributed by atoms with Crippen LogP contribution in [0.3, 0.4) is 0 Å². The van der Waals surface area contributed by atoms with Crippen LogP contribution in [-0.4, -0.2) is 10.9 Å². The molecule has 3 nitrogen and oxygen atoms in total. The van der Waals surface area contributed by atoms with E-state index in [1.807, 2.05) is 48.5 Å². The van der Waals surface area contributed by atoms with Crippen LogP contribution in [0, 0.1) is 0 Å². The summed E-state index contributed by atoms with van der Waals surface area (Å²) in [5.74, 6) is -0.117. The van der Waals surface area contributed by atoms with Gasteiger partial charge in [0.2, 0.25) is 0 Å². The summed E-state index contributed by atoms with van der Waals surface area (Å²) >= 11 is 0. The topological polar surface area (TPSA) is 54.4 Å². The molecule has 1 aliphatic carbocycles. The molecular formula is C26H22O3. The Morgan fingerprint density at radius 3 is 2.17 bits per heavy atom. The summed E-state index contributed by atoms with van der Waals surface area (Å²) in [5.41, 5.74) is 3.04. The van der Waals surface area contributed by atoms with Gasteiger partial charge < -0.3 is 5.11 Å². The molecule has 0 spiro atoms. The number of aliphatic hydroxyl groups is 1. The Balaban J connectivity index is 1.48. The number of hydrogen-bond acceptors (Lipinski definition) is 3. The smallest absolute Gasteiger partial charge is 0.195 e. The van der Waals surface area contributed by atoms with Gasteiger partial charge in [-0.3, -0.25) is 9.59 Å². The molecular weight excluding hydrogens is 360 g/mol. The molecule has 29 heavy (non-hydrogen) atoms. The molecule has 144 valence electrons. The van der Waals surface area contributed by atoms with Crippen molar-refractivity contribution in [3.05, 3.63) is 93.6 Å². The molecule has 1 fully saturated rings. The molecule has 4 aromatic carbocycles. The summed E-state index contributed by atoms with van der Waals surface area (Å²) in [6.45, 7) is 0. The fourth-order valence-corrected chi connectivity index (χ4v) is 4.58. The van der Waals surface area contributed by atoms with E-state index in [9.17, 15) is 14.7 Å². The van der Waals surface area contributed by atoms with Gasteiger partial charge in [0.25, 0.3) is 0 Å². The third-order valence-corrected chi connectivity index (χ3v) is 6.29. The molecule has 0 bridgehead atoms. The Labute approximate surface area is 169 Å². The van der Waals surface area contributed by atoms with Gasteiger partial charge in [0.15, 0.2) is 11.2 Å². The Hall–Kier alpha value is -3.04. The quantitative estimate of drug-likeness (QED) is 0.498. The van der Waals surface area contributed by atoms with Crippen molar-refractivity contribution in [2.45, 2.75) is 37.7 Å². The average Bonchev–Trinajstić information content (AvgIpc) is 3.45. The average molecular weight is 382 g/mol. The van der Waals surface area contributed by atoms with Crippen molar-refractivity contribution in [2.75, 3.05) is 0 Å². The van der Waals surface area contributed by atoms with Crippen LogP contribution in [0.1, 0.15) is 53.6 Å². The molecule has 4 aromatic rings. The van der Waals surface area contributed by atoms with Crippen molar-refractivity contribution in [3.8, 4) is 11.1 Å². The van der Waals surface area contributed by atoms with Crippen molar-refractivity contribution in [1.82, 2.24) is 0 Å². The fourth-order valence-electron chi connectivity index (χ4n) is 4.58. The van der Waals surface area contributed by atoms with Crippen molar-refractivity contribution < 1.29 is 9.90 Å². The second-order valence-electron chi connectivity index (χ2n) is 8.10. The van der Waals surface area contributed by atoms with Gasteiger partial charge in [-0.25, -0.2) is 0 Å². The second-order valence-corrected chi connectivity index (χ2v) is 8.10. The van der Waals surface area contributed by atoms with Gasteiger partial charge in [0, 0.05) is 21.9 Å². The summed E-state index contributed by atoms with van der Waals surface area (Å²) in [6.07, 6.45) is 4.89. The predicted molar refractivity (Wildman–Crippen MR) is 115 cm³/mol. The van der Waals surface area contributed by atoms with Crippen LogP contribution in [-0.2, 0) is 5.60 Å². The first-order valence-corrected chi connectivity index (χ1v) is 10.2. The minimum atomic E-state index is -0.729. The first kappa shape index (κ1) is 18.0. The van der Waals surface area contributed by atoms with Gasteiger partial charge in [-0.05, 0) is 35.6 Å². The van der Waals surface area contributed by atoms with E-state index in [-0.39, 0.29) is 11.2 Å². The van der Waals surface area contributed by atoms with E-state index < -0.39 is 5.60 Å². The standard InChI is InChI=1S/C26H22O3/c27-24(18-7-3-1-4-8-18)21-14-13-20(22-23(21)25(22)28)17-9-11-19(12-10-17)26(29)15-5-2-6-16-26/h1,3-4,7-14,29H,2,5-6,15-16H2. The molecule has 1 saturated carbocycles. The lowest BCUT2D eigenvalue weighted by atomic mass is 9.79. The zero-order valence-electron chi connectivity index (χ0n) is 16.2. The van der Waals surface area contributed by atoms with Crippen molar-refractivity contribution in [3.63, 3.8) is 0 Å². The fraction of sp³-hybridized carbons (Fsp3) is 0.231. The summed E-state index contributed by atoms with van der Waals surface area (Å²) < 4.78 is 0. The molecule has 0 unspecified atom stereocenters. The number of hydrogen-bond donors (Lipinski definition) is 1. The SMILES string of the molecule is O=C(c1ccccc1)c1ccc(-c2ccc(C3(O)CCCCC3)cc2)c2c(=O)c12. The summed E-state index contributed by atoms with van der Waals surface area (Å²) in [5, 5.41) is 12.1. The monoisotopic (exact) mass is 382 g/mol. The van der Waals surface area contributed by atoms with E-state index in [4.69, 9.17) is 0 Å². The highest BCUT2D eigenvalue weighted by Crippen LogP contribution is 2.39. The lowest BCUT2D eigenvalue weighted by Gasteiger charge is -2.32. The van der Waals surface area contributed by atoms with E-state index in [2.05, 4.69) is 0 Å². The Bertz CT molecular complexity index is 1200. The van der Waals surface area contributed by atoms with Crippen LogP contribution in [0.2, 0.25) is 0 Å². The number of carbonyl (C=O) groups is 1. The third kappa shape index (κ3) is 3.02. The molecule has 0 radical (unpaired) electrons. The number of benzene rings is 3. The minimum absolute atomic E-state index is 0.0423. The van der Waals surface area contributed by atoms with Gasteiger partial charge >= 0.3 is 0 Å². The van der Waals surface area contributed by atoms with Crippen LogP contribution < -0.4 is 5.43 Å². The molecule has 1 N–H and O–H groups in total. The van der Waals surface area contributed by atoms with Crippen molar-refractivity contribution in [2.24, 2.45) is 0 Å². The van der Waals surface area contributed by atoms with E-state index >= 15 is 0 Å². The van der Waals surface area contributed by atoms with E-state index in [1.54, 1.807) is 18.2 Å². The highest BCUT2D eigenvalue weighted by atomic mass is 16.3. The first-order chi connectivity index (χ1) is 14.1. The zero-order chi connectivity index (χ0) is 20.0.